The molecule has 0 fully saturated rings. The van der Waals surface area contributed by atoms with E-state index in [1.807, 2.05) is 43.6 Å². The summed E-state index contributed by atoms with van der Waals surface area (Å²) in [6, 6.07) is 7.77. The van der Waals surface area contributed by atoms with Crippen LogP contribution in [0, 0.1) is 6.92 Å². The van der Waals surface area contributed by atoms with E-state index >= 15 is 0 Å². The van der Waals surface area contributed by atoms with Crippen molar-refractivity contribution in [1.29, 1.82) is 0 Å². The Bertz CT molecular complexity index is 801. The number of thiazole rings is 1. The summed E-state index contributed by atoms with van der Waals surface area (Å²) in [5.41, 5.74) is 3.08. The smallest absolute Gasteiger partial charge is 0.162 e. The zero-order valence-corrected chi connectivity index (χ0v) is 14.9. The van der Waals surface area contributed by atoms with Gasteiger partial charge in [0.05, 0.1) is 23.4 Å². The van der Waals surface area contributed by atoms with Crippen molar-refractivity contribution in [1.82, 2.24) is 19.9 Å². The second kappa shape index (κ2) is 7.51. The van der Waals surface area contributed by atoms with Gasteiger partial charge in [-0.25, -0.2) is 15.0 Å². The fourth-order valence-electron chi connectivity index (χ4n) is 2.53. The van der Waals surface area contributed by atoms with Crippen LogP contribution in [0.15, 0.2) is 42.0 Å². The number of nitrogens with zero attached hydrogens (tertiary/aromatic N) is 4. The van der Waals surface area contributed by atoms with Gasteiger partial charge in [-0.2, -0.15) is 0 Å². The number of rotatable bonds is 6. The van der Waals surface area contributed by atoms with Gasteiger partial charge in [-0.1, -0.05) is 12.1 Å². The van der Waals surface area contributed by atoms with E-state index in [2.05, 4.69) is 32.3 Å². The molecule has 3 aromatic rings. The van der Waals surface area contributed by atoms with Gasteiger partial charge in [0.2, 0.25) is 0 Å². The molecule has 5 nitrogen and oxygen atoms in total. The van der Waals surface area contributed by atoms with E-state index in [1.165, 1.54) is 0 Å². The molecule has 2 heterocycles. The van der Waals surface area contributed by atoms with Gasteiger partial charge in [0.1, 0.15) is 5.75 Å². The Morgan fingerprint density at radius 3 is 2.54 bits per heavy atom. The lowest BCUT2D eigenvalue weighted by molar-refractivity contribution is 0.315. The predicted molar refractivity (Wildman–Crippen MR) is 96.0 cm³/mol. The molecule has 124 valence electrons. The molecule has 0 atom stereocenters. The van der Waals surface area contributed by atoms with E-state index in [1.54, 1.807) is 18.4 Å². The summed E-state index contributed by atoms with van der Waals surface area (Å²) in [4.78, 5) is 15.7. The van der Waals surface area contributed by atoms with Gasteiger partial charge in [0.15, 0.2) is 5.82 Å². The van der Waals surface area contributed by atoms with Crippen LogP contribution in [0.2, 0.25) is 0 Å². The Balaban J connectivity index is 1.68. The van der Waals surface area contributed by atoms with Crippen LogP contribution in [0.1, 0.15) is 16.3 Å². The van der Waals surface area contributed by atoms with Crippen LogP contribution >= 0.6 is 11.3 Å². The molecule has 0 amide bonds. The van der Waals surface area contributed by atoms with E-state index in [9.17, 15) is 0 Å². The molecule has 24 heavy (non-hydrogen) atoms. The number of hydrogen-bond acceptors (Lipinski definition) is 6. The van der Waals surface area contributed by atoms with Crippen molar-refractivity contribution in [2.75, 3.05) is 14.2 Å². The Morgan fingerprint density at radius 2 is 1.88 bits per heavy atom. The van der Waals surface area contributed by atoms with Crippen LogP contribution in [0.4, 0.5) is 0 Å². The van der Waals surface area contributed by atoms with Gasteiger partial charge in [-0.15, -0.1) is 11.3 Å². The van der Waals surface area contributed by atoms with Crippen molar-refractivity contribution in [3.8, 4) is 17.1 Å². The average Bonchev–Trinajstić information content (AvgIpc) is 3.00. The van der Waals surface area contributed by atoms with Crippen LogP contribution in [0.5, 0.6) is 5.75 Å². The Morgan fingerprint density at radius 1 is 1.12 bits per heavy atom. The zero-order chi connectivity index (χ0) is 16.9. The number of ether oxygens (including phenoxy) is 1. The van der Waals surface area contributed by atoms with Crippen LogP contribution in [0.25, 0.3) is 11.4 Å². The summed E-state index contributed by atoms with van der Waals surface area (Å²) in [5.74, 6) is 1.45. The molecule has 0 unspecified atom stereocenters. The molecular weight excluding hydrogens is 320 g/mol. The summed E-state index contributed by atoms with van der Waals surface area (Å²) in [7, 11) is 3.73. The van der Waals surface area contributed by atoms with Crippen molar-refractivity contribution in [2.24, 2.45) is 0 Å². The summed E-state index contributed by atoms with van der Waals surface area (Å²) in [6.07, 6.45) is 3.75. The van der Waals surface area contributed by atoms with E-state index in [4.69, 9.17) is 4.74 Å². The third-order valence-electron chi connectivity index (χ3n) is 3.60. The molecule has 0 radical (unpaired) electrons. The SMILES string of the molecule is COc1ccccc1-c1ncc(CN(C)Cc2csc(C)n2)cn1. The first-order chi connectivity index (χ1) is 11.7. The average molecular weight is 340 g/mol. The molecule has 1 aromatic carbocycles. The first kappa shape index (κ1) is 16.5. The third kappa shape index (κ3) is 3.96. The fraction of sp³-hybridized carbons (Fsp3) is 0.278. The summed E-state index contributed by atoms with van der Waals surface area (Å²) < 4.78 is 5.37. The maximum atomic E-state index is 5.37. The highest BCUT2D eigenvalue weighted by Crippen LogP contribution is 2.26. The lowest BCUT2D eigenvalue weighted by Gasteiger charge is -2.15. The second-order valence-corrected chi connectivity index (χ2v) is 6.71. The highest BCUT2D eigenvalue weighted by Gasteiger charge is 2.09. The minimum absolute atomic E-state index is 0.675. The highest BCUT2D eigenvalue weighted by atomic mass is 32.1. The van der Waals surface area contributed by atoms with Gasteiger partial charge < -0.3 is 4.74 Å². The number of aromatic nitrogens is 3. The van der Waals surface area contributed by atoms with E-state index in [0.717, 1.165) is 40.7 Å². The molecule has 0 saturated carbocycles. The summed E-state index contributed by atoms with van der Waals surface area (Å²) >= 11 is 1.68. The fourth-order valence-corrected chi connectivity index (χ4v) is 3.13. The van der Waals surface area contributed by atoms with Crippen LogP contribution in [-0.2, 0) is 13.1 Å². The van der Waals surface area contributed by atoms with Gasteiger partial charge in [0.25, 0.3) is 0 Å². The molecule has 0 aliphatic heterocycles. The monoisotopic (exact) mass is 340 g/mol. The molecule has 2 aromatic heterocycles. The Hall–Kier alpha value is -2.31. The van der Waals surface area contributed by atoms with Gasteiger partial charge >= 0.3 is 0 Å². The highest BCUT2D eigenvalue weighted by molar-refractivity contribution is 7.09. The number of methoxy groups -OCH3 is 1. The van der Waals surface area contributed by atoms with Crippen molar-refractivity contribution < 1.29 is 4.74 Å². The molecule has 0 aliphatic rings. The quantitative estimate of drug-likeness (QED) is 0.687. The van der Waals surface area contributed by atoms with Crippen LogP contribution < -0.4 is 4.74 Å². The molecule has 0 bridgehead atoms. The maximum absolute atomic E-state index is 5.37. The van der Waals surface area contributed by atoms with Crippen LogP contribution in [0.3, 0.4) is 0 Å². The first-order valence-corrected chi connectivity index (χ1v) is 8.57. The summed E-state index contributed by atoms with van der Waals surface area (Å²) in [6.45, 7) is 3.62. The summed E-state index contributed by atoms with van der Waals surface area (Å²) in [5, 5.41) is 3.20. The maximum Gasteiger partial charge on any atom is 0.162 e. The Kier molecular flexibility index (Phi) is 5.17. The van der Waals surface area contributed by atoms with Crippen molar-refractivity contribution in [2.45, 2.75) is 20.0 Å². The van der Waals surface area contributed by atoms with E-state index in [-0.39, 0.29) is 0 Å². The van der Waals surface area contributed by atoms with Gasteiger partial charge in [0, 0.05) is 36.4 Å². The standard InChI is InChI=1S/C18H20N4OS/c1-13-21-15(12-24-13)11-22(2)10-14-8-19-18(20-9-14)16-6-4-5-7-17(16)23-3/h4-9,12H,10-11H2,1-3H3. The predicted octanol–water partition coefficient (Wildman–Crippen LogP) is 3.55. The van der Waals surface area contributed by atoms with Crippen molar-refractivity contribution in [3.05, 3.63) is 58.3 Å². The number of aryl methyl sites for hydroxylation is 1. The molecule has 6 heteroatoms. The second-order valence-electron chi connectivity index (χ2n) is 5.65. The molecule has 0 saturated heterocycles. The molecule has 3 rings (SSSR count). The first-order valence-electron chi connectivity index (χ1n) is 7.69. The molecule has 0 aliphatic carbocycles. The van der Waals surface area contributed by atoms with Crippen molar-refractivity contribution in [3.63, 3.8) is 0 Å². The normalized spacial score (nSPS) is 11.0. The van der Waals surface area contributed by atoms with E-state index < -0.39 is 0 Å². The largest absolute Gasteiger partial charge is 0.496 e. The van der Waals surface area contributed by atoms with E-state index in [0.29, 0.717) is 5.82 Å². The topological polar surface area (TPSA) is 51.1 Å². The number of benzene rings is 1. The third-order valence-corrected chi connectivity index (χ3v) is 4.43. The minimum atomic E-state index is 0.675. The lowest BCUT2D eigenvalue weighted by atomic mass is 10.2. The lowest BCUT2D eigenvalue weighted by Crippen LogP contribution is -2.17. The Labute approximate surface area is 146 Å². The van der Waals surface area contributed by atoms with Crippen LogP contribution in [-0.4, -0.2) is 34.0 Å². The van der Waals surface area contributed by atoms with Gasteiger partial charge in [-0.05, 0) is 26.1 Å². The van der Waals surface area contributed by atoms with Gasteiger partial charge in [-0.3, -0.25) is 4.90 Å². The molecular formula is C18H20N4OS. The number of hydrogen-bond donors (Lipinski definition) is 0. The van der Waals surface area contributed by atoms with Crippen molar-refractivity contribution >= 4 is 11.3 Å². The zero-order valence-electron chi connectivity index (χ0n) is 14.1. The molecule has 0 spiro atoms. The minimum Gasteiger partial charge on any atom is -0.496 e. The number of para-hydroxylation sites is 1. The molecule has 0 N–H and O–H groups in total.